The first-order chi connectivity index (χ1) is 14.9. The van der Waals surface area contributed by atoms with Crippen molar-refractivity contribution in [3.63, 3.8) is 0 Å². The quantitative estimate of drug-likeness (QED) is 0.397. The molecule has 4 heteroatoms. The maximum absolute atomic E-state index is 4.76. The Bertz CT molecular complexity index is 1180. The highest BCUT2D eigenvalue weighted by atomic mass is 31.1. The molecule has 3 nitrogen and oxygen atoms in total. The molecule has 0 unspecified atom stereocenters. The van der Waals surface area contributed by atoms with Crippen molar-refractivity contribution in [2.45, 2.75) is 0 Å². The number of benzene rings is 4. The third-order valence-electron chi connectivity index (χ3n) is 4.94. The van der Waals surface area contributed by atoms with Gasteiger partial charge in [-0.25, -0.2) is 4.68 Å². The lowest BCUT2D eigenvalue weighted by molar-refractivity contribution is 0.810. The van der Waals surface area contributed by atoms with Crippen LogP contribution in [-0.4, -0.2) is 15.0 Å². The van der Waals surface area contributed by atoms with Crippen LogP contribution >= 0.6 is 7.92 Å². The number of aromatic nitrogens is 3. The van der Waals surface area contributed by atoms with Crippen molar-refractivity contribution in [1.29, 1.82) is 0 Å². The normalized spacial score (nSPS) is 11.0. The first-order valence-corrected chi connectivity index (χ1v) is 11.2. The molecule has 0 amide bonds. The molecule has 0 spiro atoms. The summed E-state index contributed by atoms with van der Waals surface area (Å²) in [5.74, 6) is 0. The average Bonchev–Trinajstić information content (AvgIpc) is 3.26. The fraction of sp³-hybridized carbons (Fsp3) is 0. The Kier molecular flexibility index (Phi) is 5.20. The number of para-hydroxylation sites is 1. The predicted molar refractivity (Wildman–Crippen MR) is 126 cm³/mol. The highest BCUT2D eigenvalue weighted by molar-refractivity contribution is 7.79. The summed E-state index contributed by atoms with van der Waals surface area (Å²) in [4.78, 5) is 0. The molecule has 0 bridgehead atoms. The molecule has 0 atom stereocenters. The van der Waals surface area contributed by atoms with E-state index in [1.54, 1.807) is 0 Å². The lowest BCUT2D eigenvalue weighted by atomic mass is 10.1. The molecule has 5 aromatic rings. The van der Waals surface area contributed by atoms with E-state index < -0.39 is 7.92 Å². The smallest absolute Gasteiger partial charge is 0.123 e. The topological polar surface area (TPSA) is 30.7 Å². The number of nitrogens with zero attached hydrogens (tertiary/aromatic N) is 3. The molecule has 0 fully saturated rings. The Morgan fingerprint density at radius 1 is 0.533 bits per heavy atom. The van der Waals surface area contributed by atoms with Gasteiger partial charge in [0.2, 0.25) is 0 Å². The molecule has 0 aliphatic rings. The molecule has 0 N–H and O–H groups in total. The fourth-order valence-electron chi connectivity index (χ4n) is 3.57. The maximum Gasteiger partial charge on any atom is 0.123 e. The summed E-state index contributed by atoms with van der Waals surface area (Å²) in [6, 6.07) is 41.9. The minimum absolute atomic E-state index is 0.854. The Morgan fingerprint density at radius 3 is 1.53 bits per heavy atom. The molecule has 5 rings (SSSR count). The second-order valence-electron chi connectivity index (χ2n) is 6.88. The number of hydrogen-bond acceptors (Lipinski definition) is 2. The largest absolute Gasteiger partial charge is 0.212 e. The van der Waals surface area contributed by atoms with E-state index in [0.717, 1.165) is 22.4 Å². The van der Waals surface area contributed by atoms with E-state index in [9.17, 15) is 0 Å². The predicted octanol–water partition coefficient (Wildman–Crippen LogP) is 4.69. The SMILES string of the molecule is c1ccc(-c2c(P(c3ccccc3)c3ccccc3)nnn2-c2ccccc2)cc1. The van der Waals surface area contributed by atoms with Gasteiger partial charge in [0.1, 0.15) is 11.1 Å². The Balaban J connectivity index is 1.78. The molecule has 0 radical (unpaired) electrons. The van der Waals surface area contributed by atoms with Crippen molar-refractivity contribution >= 4 is 24.0 Å². The highest BCUT2D eigenvalue weighted by Gasteiger charge is 2.26. The van der Waals surface area contributed by atoms with Gasteiger partial charge in [-0.3, -0.25) is 0 Å². The van der Waals surface area contributed by atoms with Crippen molar-refractivity contribution in [2.75, 3.05) is 0 Å². The van der Waals surface area contributed by atoms with Crippen LogP contribution in [0.3, 0.4) is 0 Å². The highest BCUT2D eigenvalue weighted by Crippen LogP contribution is 2.36. The second kappa shape index (κ2) is 8.44. The third-order valence-corrected chi connectivity index (χ3v) is 7.30. The van der Waals surface area contributed by atoms with Crippen molar-refractivity contribution in [3.8, 4) is 16.9 Å². The minimum atomic E-state index is -0.854. The fourth-order valence-corrected chi connectivity index (χ4v) is 5.86. The Labute approximate surface area is 177 Å². The van der Waals surface area contributed by atoms with E-state index >= 15 is 0 Å². The van der Waals surface area contributed by atoms with E-state index in [-0.39, 0.29) is 0 Å². The second-order valence-corrected chi connectivity index (χ2v) is 9.01. The Morgan fingerprint density at radius 2 is 1.00 bits per heavy atom. The van der Waals surface area contributed by atoms with E-state index in [4.69, 9.17) is 5.10 Å². The van der Waals surface area contributed by atoms with Gasteiger partial charge in [-0.05, 0) is 22.7 Å². The van der Waals surface area contributed by atoms with Crippen molar-refractivity contribution in [1.82, 2.24) is 15.0 Å². The summed E-state index contributed by atoms with van der Waals surface area (Å²) >= 11 is 0. The van der Waals surface area contributed by atoms with Crippen molar-refractivity contribution in [3.05, 3.63) is 121 Å². The van der Waals surface area contributed by atoms with Crippen LogP contribution in [0.2, 0.25) is 0 Å². The summed E-state index contributed by atoms with van der Waals surface area (Å²) in [6.07, 6.45) is 0. The van der Waals surface area contributed by atoms with Crippen LogP contribution in [0.1, 0.15) is 0 Å². The number of hydrogen-bond donors (Lipinski definition) is 0. The molecule has 30 heavy (non-hydrogen) atoms. The van der Waals surface area contributed by atoms with Crippen LogP contribution in [0.15, 0.2) is 121 Å². The van der Waals surface area contributed by atoms with Crippen molar-refractivity contribution < 1.29 is 0 Å². The molecule has 144 valence electrons. The maximum atomic E-state index is 4.76. The van der Waals surface area contributed by atoms with Crippen LogP contribution in [-0.2, 0) is 0 Å². The van der Waals surface area contributed by atoms with Gasteiger partial charge < -0.3 is 0 Å². The van der Waals surface area contributed by atoms with E-state index in [1.807, 2.05) is 28.9 Å². The summed E-state index contributed by atoms with van der Waals surface area (Å²) in [6.45, 7) is 0. The van der Waals surface area contributed by atoms with Gasteiger partial charge in [0.05, 0.1) is 5.69 Å². The minimum Gasteiger partial charge on any atom is -0.212 e. The first-order valence-electron chi connectivity index (χ1n) is 9.88. The molecule has 0 saturated heterocycles. The van der Waals surface area contributed by atoms with E-state index in [0.29, 0.717) is 0 Å². The number of rotatable bonds is 5. The molecule has 4 aromatic carbocycles. The van der Waals surface area contributed by atoms with Gasteiger partial charge in [-0.15, -0.1) is 5.10 Å². The van der Waals surface area contributed by atoms with Gasteiger partial charge in [-0.2, -0.15) is 0 Å². The molecule has 1 aromatic heterocycles. The standard InChI is InChI=1S/C26H20N3P/c1-5-13-21(14-6-1)25-26(27-28-29(25)22-15-7-2-8-16-22)30(23-17-9-3-10-18-23)24-19-11-4-12-20-24/h1-20H. The molecule has 0 aliphatic carbocycles. The monoisotopic (exact) mass is 405 g/mol. The molecular formula is C26H20N3P. The molecular weight excluding hydrogens is 385 g/mol. The molecule has 1 heterocycles. The average molecular weight is 405 g/mol. The van der Waals surface area contributed by atoms with Crippen LogP contribution in [0.5, 0.6) is 0 Å². The summed E-state index contributed by atoms with van der Waals surface area (Å²) in [5, 5.41) is 11.9. The zero-order valence-electron chi connectivity index (χ0n) is 16.3. The first kappa shape index (κ1) is 18.5. The summed E-state index contributed by atoms with van der Waals surface area (Å²) < 4.78 is 1.96. The van der Waals surface area contributed by atoms with Crippen LogP contribution in [0, 0.1) is 0 Å². The van der Waals surface area contributed by atoms with Gasteiger partial charge >= 0.3 is 0 Å². The van der Waals surface area contributed by atoms with Gasteiger partial charge in [0.25, 0.3) is 0 Å². The van der Waals surface area contributed by atoms with Gasteiger partial charge in [0, 0.05) is 13.5 Å². The lowest BCUT2D eigenvalue weighted by Gasteiger charge is -2.18. The lowest BCUT2D eigenvalue weighted by Crippen LogP contribution is -2.23. The van der Waals surface area contributed by atoms with Crippen LogP contribution in [0.25, 0.3) is 16.9 Å². The van der Waals surface area contributed by atoms with E-state index in [2.05, 4.69) is 102 Å². The molecule has 0 saturated carbocycles. The summed E-state index contributed by atoms with van der Waals surface area (Å²) in [7, 11) is -0.854. The van der Waals surface area contributed by atoms with Crippen LogP contribution < -0.4 is 16.0 Å². The zero-order chi connectivity index (χ0) is 20.2. The third kappa shape index (κ3) is 3.56. The van der Waals surface area contributed by atoms with Crippen molar-refractivity contribution in [2.24, 2.45) is 0 Å². The zero-order valence-corrected chi connectivity index (χ0v) is 17.2. The van der Waals surface area contributed by atoms with E-state index in [1.165, 1.54) is 10.6 Å². The van der Waals surface area contributed by atoms with Crippen LogP contribution in [0.4, 0.5) is 0 Å². The molecule has 0 aliphatic heterocycles. The summed E-state index contributed by atoms with van der Waals surface area (Å²) in [5.41, 5.74) is 4.17. The Hall–Kier alpha value is -3.55. The van der Waals surface area contributed by atoms with Gasteiger partial charge in [-0.1, -0.05) is 114 Å². The van der Waals surface area contributed by atoms with Gasteiger partial charge in [0.15, 0.2) is 0 Å².